The number of aryl methyl sites for hydroxylation is 1. The van der Waals surface area contributed by atoms with Crippen molar-refractivity contribution in [2.45, 2.75) is 36.4 Å². The molecule has 0 radical (unpaired) electrons. The summed E-state index contributed by atoms with van der Waals surface area (Å²) in [6.07, 6.45) is 4.18. The average Bonchev–Trinajstić information content (AvgIpc) is 3.25. The number of nitrogens with one attached hydrogen (secondary N) is 1. The van der Waals surface area contributed by atoms with E-state index in [1.807, 2.05) is 18.2 Å². The molecule has 0 bridgehead atoms. The van der Waals surface area contributed by atoms with Gasteiger partial charge in [-0.05, 0) is 35.6 Å². The molecule has 4 rings (SSSR count). The van der Waals surface area contributed by atoms with E-state index in [9.17, 15) is 12.8 Å². The lowest BCUT2D eigenvalue weighted by atomic mass is 9.90. The predicted molar refractivity (Wildman–Crippen MR) is 108 cm³/mol. The second-order valence-corrected chi connectivity index (χ2v) is 9.22. The topological polar surface area (TPSA) is 90.0 Å². The van der Waals surface area contributed by atoms with E-state index in [4.69, 9.17) is 5.73 Å². The van der Waals surface area contributed by atoms with Crippen molar-refractivity contribution in [1.29, 1.82) is 0 Å². The summed E-state index contributed by atoms with van der Waals surface area (Å²) in [5.41, 5.74) is 9.72. The first-order valence-electron chi connectivity index (χ1n) is 9.42. The van der Waals surface area contributed by atoms with Gasteiger partial charge in [0.1, 0.15) is 5.82 Å². The van der Waals surface area contributed by atoms with Gasteiger partial charge < -0.3 is 10.3 Å². The number of aromatic nitrogens is 2. The molecule has 0 amide bonds. The summed E-state index contributed by atoms with van der Waals surface area (Å²) in [6.45, 7) is -0.148. The maximum Gasteiger partial charge on any atom is 0.259 e. The Morgan fingerprint density at radius 2 is 2.03 bits per heavy atom. The second-order valence-electron chi connectivity index (χ2n) is 7.51. The highest BCUT2D eigenvalue weighted by Gasteiger charge is 2.31. The first-order chi connectivity index (χ1) is 13.8. The van der Waals surface area contributed by atoms with Gasteiger partial charge in [-0.3, -0.25) is 0 Å². The summed E-state index contributed by atoms with van der Waals surface area (Å²) >= 11 is 0. The van der Waals surface area contributed by atoms with Crippen LogP contribution in [0.3, 0.4) is 0 Å². The fourth-order valence-corrected chi connectivity index (χ4v) is 4.85. The zero-order valence-electron chi connectivity index (χ0n) is 16.0. The Morgan fingerprint density at radius 3 is 2.72 bits per heavy atom. The van der Waals surface area contributed by atoms with Crippen molar-refractivity contribution in [2.75, 3.05) is 0 Å². The number of sulfonamides is 1. The molecule has 6 nitrogen and oxygen atoms in total. The molecule has 0 fully saturated rings. The van der Waals surface area contributed by atoms with E-state index in [0.29, 0.717) is 12.0 Å². The van der Waals surface area contributed by atoms with Crippen LogP contribution in [0.4, 0.5) is 4.39 Å². The van der Waals surface area contributed by atoms with Crippen molar-refractivity contribution in [3.05, 3.63) is 83.1 Å². The summed E-state index contributed by atoms with van der Waals surface area (Å²) in [7, 11) is -2.13. The van der Waals surface area contributed by atoms with Crippen LogP contribution in [0.2, 0.25) is 0 Å². The lowest BCUT2D eigenvalue weighted by molar-refractivity contribution is 0.567. The number of nitrogens with zero attached hydrogens (tertiary/aromatic N) is 2. The third-order valence-corrected chi connectivity index (χ3v) is 6.67. The molecule has 0 saturated heterocycles. The molecule has 0 aliphatic heterocycles. The van der Waals surface area contributed by atoms with Gasteiger partial charge in [-0.25, -0.2) is 22.5 Å². The van der Waals surface area contributed by atoms with E-state index in [2.05, 4.69) is 21.8 Å². The van der Waals surface area contributed by atoms with E-state index in [-0.39, 0.29) is 23.5 Å². The van der Waals surface area contributed by atoms with Crippen molar-refractivity contribution in [3.63, 3.8) is 0 Å². The van der Waals surface area contributed by atoms with Crippen LogP contribution in [0.5, 0.6) is 0 Å². The third-order valence-electron chi connectivity index (χ3n) is 5.39. The number of nitrogens with two attached hydrogens (primary N) is 1. The number of fused-ring (bicyclic) bond motifs is 1. The molecule has 3 aromatic rings. The summed E-state index contributed by atoms with van der Waals surface area (Å²) in [6, 6.07) is 13.2. The van der Waals surface area contributed by atoms with Crippen LogP contribution >= 0.6 is 0 Å². The van der Waals surface area contributed by atoms with Gasteiger partial charge in [0.05, 0.1) is 6.33 Å². The van der Waals surface area contributed by atoms with Crippen molar-refractivity contribution in [1.82, 2.24) is 14.3 Å². The number of halogens is 1. The van der Waals surface area contributed by atoms with E-state index < -0.39 is 15.8 Å². The minimum absolute atomic E-state index is 0.0687. The first-order valence-corrected chi connectivity index (χ1v) is 10.9. The molecule has 152 valence electrons. The highest BCUT2D eigenvalue weighted by Crippen LogP contribution is 2.36. The van der Waals surface area contributed by atoms with Crippen LogP contribution in [0.1, 0.15) is 28.2 Å². The molecule has 2 aromatic carbocycles. The van der Waals surface area contributed by atoms with E-state index in [1.165, 1.54) is 24.2 Å². The Bertz CT molecular complexity index is 1130. The normalized spacial score (nSPS) is 18.7. The molecule has 3 N–H and O–H groups in total. The molecule has 1 aromatic heterocycles. The summed E-state index contributed by atoms with van der Waals surface area (Å²) in [5, 5.41) is -0.0921. The average molecular weight is 415 g/mol. The summed E-state index contributed by atoms with van der Waals surface area (Å²) < 4.78 is 43.4. The Morgan fingerprint density at radius 1 is 1.28 bits per heavy atom. The molecule has 0 unspecified atom stereocenters. The quantitative estimate of drug-likeness (QED) is 0.647. The maximum absolute atomic E-state index is 14.6. The van der Waals surface area contributed by atoms with Crippen LogP contribution < -0.4 is 10.5 Å². The molecular weight excluding hydrogens is 391 g/mol. The number of imidazole rings is 1. The van der Waals surface area contributed by atoms with Crippen molar-refractivity contribution >= 4 is 10.0 Å². The van der Waals surface area contributed by atoms with Gasteiger partial charge in [-0.1, -0.05) is 36.4 Å². The number of rotatable bonds is 6. The third kappa shape index (κ3) is 4.10. The lowest BCUT2D eigenvalue weighted by Gasteiger charge is -2.18. The highest BCUT2D eigenvalue weighted by molar-refractivity contribution is 7.89. The second kappa shape index (κ2) is 7.70. The zero-order chi connectivity index (χ0) is 20.6. The molecule has 0 spiro atoms. The molecule has 1 aliphatic carbocycles. The molecule has 0 saturated carbocycles. The van der Waals surface area contributed by atoms with E-state index >= 15 is 0 Å². The van der Waals surface area contributed by atoms with Gasteiger partial charge in [-0.15, -0.1) is 0 Å². The van der Waals surface area contributed by atoms with Crippen LogP contribution in [0, 0.1) is 5.82 Å². The van der Waals surface area contributed by atoms with Crippen LogP contribution in [0.15, 0.2) is 60.0 Å². The molecule has 29 heavy (non-hydrogen) atoms. The molecule has 8 heteroatoms. The predicted octanol–water partition coefficient (Wildman–Crippen LogP) is 2.25. The largest absolute Gasteiger partial charge is 0.339 e. The Hall–Kier alpha value is -2.55. The van der Waals surface area contributed by atoms with Gasteiger partial charge in [-0.2, -0.15) is 0 Å². The molecule has 1 aliphatic rings. The van der Waals surface area contributed by atoms with Crippen molar-refractivity contribution < 1.29 is 12.8 Å². The standard InChI is InChI=1S/C21H23FN4O2S/c1-26-12-21(24-13-26)29(27,28)25-11-16-8-17-15(9-19(16)22)10-20(23)18(17)7-14-5-3-2-4-6-14/h2-6,8-9,12-13,18,20,25H,7,10-11,23H2,1H3/t18-,20+/m1/s1. The Labute approximate surface area is 169 Å². The van der Waals surface area contributed by atoms with E-state index in [1.54, 1.807) is 17.7 Å². The first kappa shape index (κ1) is 19.8. The molecule has 2 atom stereocenters. The number of hydrogen-bond donors (Lipinski definition) is 2. The van der Waals surface area contributed by atoms with Gasteiger partial charge in [0.2, 0.25) is 0 Å². The van der Waals surface area contributed by atoms with Crippen LogP contribution in [-0.2, 0) is 36.5 Å². The van der Waals surface area contributed by atoms with Crippen LogP contribution in [-0.4, -0.2) is 24.0 Å². The minimum atomic E-state index is -3.81. The monoisotopic (exact) mass is 414 g/mol. The highest BCUT2D eigenvalue weighted by atomic mass is 32.2. The number of hydrogen-bond acceptors (Lipinski definition) is 4. The Kier molecular flexibility index (Phi) is 5.24. The molecular formula is C21H23FN4O2S. The molecule has 1 heterocycles. The van der Waals surface area contributed by atoms with Crippen molar-refractivity contribution in [2.24, 2.45) is 12.8 Å². The fraction of sp³-hybridized carbons (Fsp3) is 0.286. The lowest BCUT2D eigenvalue weighted by Crippen LogP contribution is -2.26. The smallest absolute Gasteiger partial charge is 0.259 e. The van der Waals surface area contributed by atoms with Gasteiger partial charge in [0, 0.05) is 37.3 Å². The summed E-state index contributed by atoms with van der Waals surface area (Å²) in [4.78, 5) is 3.85. The van der Waals surface area contributed by atoms with Gasteiger partial charge in [0.25, 0.3) is 10.0 Å². The zero-order valence-corrected chi connectivity index (χ0v) is 16.9. The van der Waals surface area contributed by atoms with E-state index in [0.717, 1.165) is 17.5 Å². The van der Waals surface area contributed by atoms with Gasteiger partial charge in [0.15, 0.2) is 5.03 Å². The SMILES string of the molecule is Cn1cnc(S(=O)(=O)NCc2cc3c(cc2F)C[C@H](N)[C@@H]3Cc2ccccc2)c1. The van der Waals surface area contributed by atoms with Crippen molar-refractivity contribution in [3.8, 4) is 0 Å². The maximum atomic E-state index is 14.6. The van der Waals surface area contributed by atoms with Crippen LogP contribution in [0.25, 0.3) is 0 Å². The summed E-state index contributed by atoms with van der Waals surface area (Å²) in [5.74, 6) is -0.362. The van der Waals surface area contributed by atoms with Gasteiger partial charge >= 0.3 is 0 Å². The number of benzene rings is 2. The minimum Gasteiger partial charge on any atom is -0.339 e. The Balaban J connectivity index is 1.57. The fourth-order valence-electron chi connectivity index (χ4n) is 3.87.